The van der Waals surface area contributed by atoms with Gasteiger partial charge in [0.15, 0.2) is 0 Å². The lowest BCUT2D eigenvalue weighted by molar-refractivity contribution is -0.274. The van der Waals surface area contributed by atoms with Crippen LogP contribution < -0.4 is 15.4 Å². The Balaban J connectivity index is 2.06. The van der Waals surface area contributed by atoms with E-state index in [9.17, 15) is 22.8 Å². The second kappa shape index (κ2) is 8.68. The van der Waals surface area contributed by atoms with Gasteiger partial charge in [0.1, 0.15) is 11.4 Å². The number of aryl methyl sites for hydroxylation is 1. The second-order valence-electron chi connectivity index (χ2n) is 6.24. The second-order valence-corrected chi connectivity index (χ2v) is 6.24. The van der Waals surface area contributed by atoms with Gasteiger partial charge in [-0.05, 0) is 30.7 Å². The normalized spacial score (nSPS) is 11.2. The van der Waals surface area contributed by atoms with Gasteiger partial charge in [0.05, 0.1) is 0 Å². The van der Waals surface area contributed by atoms with Crippen molar-refractivity contribution >= 4 is 17.8 Å². The van der Waals surface area contributed by atoms with Crippen LogP contribution in [0.25, 0.3) is 0 Å². The van der Waals surface area contributed by atoms with E-state index in [0.29, 0.717) is 11.3 Å². The summed E-state index contributed by atoms with van der Waals surface area (Å²) in [5.41, 5.74) is 0.906. The Morgan fingerprint density at radius 3 is 2.54 bits per heavy atom. The van der Waals surface area contributed by atoms with Gasteiger partial charge in [-0.25, -0.2) is 9.97 Å². The van der Waals surface area contributed by atoms with Crippen molar-refractivity contribution in [2.75, 3.05) is 5.32 Å². The molecule has 2 rings (SSSR count). The average molecular weight is 396 g/mol. The van der Waals surface area contributed by atoms with Crippen LogP contribution in [0.2, 0.25) is 0 Å². The van der Waals surface area contributed by atoms with E-state index in [4.69, 9.17) is 0 Å². The Labute approximate surface area is 159 Å². The lowest BCUT2D eigenvalue weighted by Gasteiger charge is -2.11. The first-order chi connectivity index (χ1) is 13.0. The van der Waals surface area contributed by atoms with E-state index in [0.717, 1.165) is 6.07 Å². The molecule has 0 aliphatic heterocycles. The van der Waals surface area contributed by atoms with Gasteiger partial charge in [0.25, 0.3) is 5.91 Å². The number of carbonyl (C=O) groups excluding carboxylic acids is 2. The van der Waals surface area contributed by atoms with E-state index in [1.54, 1.807) is 26.8 Å². The fraction of sp³-hybridized carbons (Fsp3) is 0.333. The van der Waals surface area contributed by atoms with Crippen molar-refractivity contribution in [3.63, 3.8) is 0 Å². The molecule has 0 saturated heterocycles. The molecule has 1 aromatic carbocycles. The number of hydrogen-bond acceptors (Lipinski definition) is 5. The third kappa shape index (κ3) is 6.53. The standard InChI is InChI=1S/C18H19F3N4O3/c1-10(2)15(26)25-17-23-11(3)7-14(24-17)16(27)22-9-12-5-4-6-13(8-12)28-18(19,20)21/h4-8,10H,9H2,1-3H3,(H,22,27)(H,23,24,25,26). The maximum atomic E-state index is 12.3. The topological polar surface area (TPSA) is 93.2 Å². The van der Waals surface area contributed by atoms with Gasteiger partial charge < -0.3 is 10.1 Å². The van der Waals surface area contributed by atoms with Crippen molar-refractivity contribution in [1.82, 2.24) is 15.3 Å². The number of ether oxygens (including phenoxy) is 1. The number of nitrogens with zero attached hydrogens (tertiary/aromatic N) is 2. The molecular weight excluding hydrogens is 377 g/mol. The molecule has 2 N–H and O–H groups in total. The van der Waals surface area contributed by atoms with Crippen molar-refractivity contribution in [2.45, 2.75) is 33.7 Å². The zero-order valence-corrected chi connectivity index (χ0v) is 15.4. The quantitative estimate of drug-likeness (QED) is 0.782. The zero-order valence-electron chi connectivity index (χ0n) is 15.4. The third-order valence-corrected chi connectivity index (χ3v) is 3.43. The van der Waals surface area contributed by atoms with Gasteiger partial charge in [0.2, 0.25) is 11.9 Å². The molecule has 2 amide bonds. The maximum absolute atomic E-state index is 12.3. The molecule has 150 valence electrons. The van der Waals surface area contributed by atoms with E-state index in [1.807, 2.05) is 0 Å². The van der Waals surface area contributed by atoms with Crippen LogP contribution in [0, 0.1) is 12.8 Å². The number of anilines is 1. The predicted molar refractivity (Wildman–Crippen MR) is 94.5 cm³/mol. The number of aromatic nitrogens is 2. The Kier molecular flexibility index (Phi) is 6.55. The largest absolute Gasteiger partial charge is 0.573 e. The molecule has 28 heavy (non-hydrogen) atoms. The Morgan fingerprint density at radius 2 is 1.89 bits per heavy atom. The summed E-state index contributed by atoms with van der Waals surface area (Å²) in [7, 11) is 0. The minimum Gasteiger partial charge on any atom is -0.406 e. The van der Waals surface area contributed by atoms with Gasteiger partial charge in [-0.1, -0.05) is 26.0 Å². The fourth-order valence-corrected chi connectivity index (χ4v) is 2.12. The molecule has 0 radical (unpaired) electrons. The number of rotatable bonds is 6. The molecule has 1 heterocycles. The van der Waals surface area contributed by atoms with Crippen LogP contribution in [0.4, 0.5) is 19.1 Å². The van der Waals surface area contributed by atoms with Gasteiger partial charge in [-0.3, -0.25) is 14.9 Å². The SMILES string of the molecule is Cc1cc(C(=O)NCc2cccc(OC(F)(F)F)c2)nc(NC(=O)C(C)C)n1. The molecule has 0 atom stereocenters. The van der Waals surface area contributed by atoms with Gasteiger partial charge in [-0.2, -0.15) is 0 Å². The molecule has 2 aromatic rings. The molecule has 0 bridgehead atoms. The molecule has 0 saturated carbocycles. The molecule has 0 aliphatic rings. The van der Waals surface area contributed by atoms with E-state index in [2.05, 4.69) is 25.3 Å². The molecule has 10 heteroatoms. The van der Waals surface area contributed by atoms with Crippen LogP contribution in [0.15, 0.2) is 30.3 Å². The molecule has 0 aliphatic carbocycles. The first-order valence-electron chi connectivity index (χ1n) is 8.33. The number of halogens is 3. The van der Waals surface area contributed by atoms with Crippen molar-refractivity contribution < 1.29 is 27.5 Å². The number of amides is 2. The first-order valence-corrected chi connectivity index (χ1v) is 8.33. The molecule has 0 unspecified atom stereocenters. The van der Waals surface area contributed by atoms with Crippen molar-refractivity contribution in [3.8, 4) is 5.75 Å². The number of hydrogen-bond donors (Lipinski definition) is 2. The van der Waals surface area contributed by atoms with Crippen LogP contribution >= 0.6 is 0 Å². The minimum absolute atomic E-state index is 0.00410. The summed E-state index contributed by atoms with van der Waals surface area (Å²) in [6.45, 7) is 5.01. The summed E-state index contributed by atoms with van der Waals surface area (Å²) >= 11 is 0. The maximum Gasteiger partial charge on any atom is 0.573 e. The zero-order chi connectivity index (χ0) is 20.9. The smallest absolute Gasteiger partial charge is 0.406 e. The average Bonchev–Trinajstić information content (AvgIpc) is 2.57. The lowest BCUT2D eigenvalue weighted by Crippen LogP contribution is -2.26. The van der Waals surface area contributed by atoms with Crippen molar-refractivity contribution in [1.29, 1.82) is 0 Å². The Hall–Kier alpha value is -3.17. The van der Waals surface area contributed by atoms with E-state index < -0.39 is 12.3 Å². The fourth-order valence-electron chi connectivity index (χ4n) is 2.12. The third-order valence-electron chi connectivity index (χ3n) is 3.43. The van der Waals surface area contributed by atoms with Crippen LogP contribution in [-0.4, -0.2) is 28.1 Å². The van der Waals surface area contributed by atoms with Crippen LogP contribution in [0.5, 0.6) is 5.75 Å². The van der Waals surface area contributed by atoms with E-state index >= 15 is 0 Å². The molecular formula is C18H19F3N4O3. The number of alkyl halides is 3. The number of benzene rings is 1. The summed E-state index contributed by atoms with van der Waals surface area (Å²) in [5, 5.41) is 5.07. The van der Waals surface area contributed by atoms with Crippen LogP contribution in [-0.2, 0) is 11.3 Å². The lowest BCUT2D eigenvalue weighted by atomic mass is 10.2. The summed E-state index contributed by atoms with van der Waals surface area (Å²) in [6.07, 6.45) is -4.79. The van der Waals surface area contributed by atoms with Gasteiger partial charge in [-0.15, -0.1) is 13.2 Å². The van der Waals surface area contributed by atoms with E-state index in [-0.39, 0.29) is 35.8 Å². The highest BCUT2D eigenvalue weighted by Crippen LogP contribution is 2.23. The monoisotopic (exact) mass is 396 g/mol. The minimum atomic E-state index is -4.79. The molecule has 1 aromatic heterocycles. The highest BCUT2D eigenvalue weighted by Gasteiger charge is 2.31. The Bertz CT molecular complexity index is 869. The predicted octanol–water partition coefficient (Wildman–Crippen LogP) is 3.21. The van der Waals surface area contributed by atoms with Crippen molar-refractivity contribution in [2.24, 2.45) is 5.92 Å². The highest BCUT2D eigenvalue weighted by molar-refractivity contribution is 5.94. The molecule has 0 fully saturated rings. The van der Waals surface area contributed by atoms with Crippen LogP contribution in [0.3, 0.4) is 0 Å². The first kappa shape index (κ1) is 21.1. The highest BCUT2D eigenvalue weighted by atomic mass is 19.4. The van der Waals surface area contributed by atoms with Crippen LogP contribution in [0.1, 0.15) is 35.6 Å². The van der Waals surface area contributed by atoms with Crippen molar-refractivity contribution in [3.05, 3.63) is 47.3 Å². The van der Waals surface area contributed by atoms with E-state index in [1.165, 1.54) is 18.2 Å². The Morgan fingerprint density at radius 1 is 1.18 bits per heavy atom. The summed E-state index contributed by atoms with van der Waals surface area (Å²) in [5.74, 6) is -1.51. The number of nitrogens with one attached hydrogen (secondary N) is 2. The van der Waals surface area contributed by atoms with Gasteiger partial charge in [0, 0.05) is 18.2 Å². The number of carbonyl (C=O) groups is 2. The summed E-state index contributed by atoms with van der Waals surface area (Å²) in [4.78, 5) is 32.2. The molecule has 7 nitrogen and oxygen atoms in total. The summed E-state index contributed by atoms with van der Waals surface area (Å²) in [6, 6.07) is 6.70. The molecule has 0 spiro atoms. The van der Waals surface area contributed by atoms with Gasteiger partial charge >= 0.3 is 6.36 Å². The summed E-state index contributed by atoms with van der Waals surface area (Å²) < 4.78 is 40.7.